The number of hydrogen-bond donors (Lipinski definition) is 16. The first-order chi connectivity index (χ1) is 39.6. The molecule has 0 aliphatic carbocycles. The third-order valence-electron chi connectivity index (χ3n) is 13.8. The van der Waals surface area contributed by atoms with Crippen LogP contribution in [-0.2, 0) is 65.6 Å². The summed E-state index contributed by atoms with van der Waals surface area (Å²) in [6.07, 6.45) is 0.239. The Labute approximate surface area is 488 Å². The van der Waals surface area contributed by atoms with Gasteiger partial charge in [-0.3, -0.25) is 58.1 Å². The van der Waals surface area contributed by atoms with Gasteiger partial charge in [0.25, 0.3) is 0 Å². The number of aromatic amines is 1. The van der Waals surface area contributed by atoms with Gasteiger partial charge >= 0.3 is 11.9 Å². The van der Waals surface area contributed by atoms with Crippen LogP contribution < -0.4 is 65.1 Å². The maximum atomic E-state index is 14.8. The molecule has 1 aromatic heterocycles. The Morgan fingerprint density at radius 3 is 1.57 bits per heavy atom. The van der Waals surface area contributed by atoms with E-state index in [1.54, 1.807) is 102 Å². The monoisotopic (exact) mass is 1170 g/mol. The molecule has 0 bridgehead atoms. The van der Waals surface area contributed by atoms with E-state index in [0.29, 0.717) is 28.5 Å². The van der Waals surface area contributed by atoms with Gasteiger partial charge in [0.05, 0.1) is 6.04 Å². The van der Waals surface area contributed by atoms with Gasteiger partial charge in [-0.15, -0.1) is 0 Å². The maximum Gasteiger partial charge on any atom is 0.303 e. The van der Waals surface area contributed by atoms with Gasteiger partial charge in [0.15, 0.2) is 5.96 Å². The molecule has 0 saturated heterocycles. The lowest BCUT2D eigenvalue weighted by atomic mass is 9.96. The van der Waals surface area contributed by atoms with Crippen molar-refractivity contribution in [2.45, 2.75) is 173 Å². The van der Waals surface area contributed by atoms with E-state index in [-0.39, 0.29) is 69.3 Å². The highest BCUT2D eigenvalue weighted by atomic mass is 16.4. The first-order valence-electron chi connectivity index (χ1n) is 28.2. The van der Waals surface area contributed by atoms with Gasteiger partial charge in [-0.05, 0) is 80.4 Å². The first-order valence-corrected chi connectivity index (χ1v) is 28.2. The highest BCUT2D eigenvalue weighted by Crippen LogP contribution is 2.21. The molecule has 0 aliphatic rings. The van der Waals surface area contributed by atoms with E-state index in [2.05, 4.69) is 52.8 Å². The van der Waals surface area contributed by atoms with Crippen molar-refractivity contribution < 1.29 is 63.0 Å². The highest BCUT2D eigenvalue weighted by Gasteiger charge is 2.37. The van der Waals surface area contributed by atoms with Crippen LogP contribution in [0.25, 0.3) is 10.9 Å². The van der Waals surface area contributed by atoms with Crippen LogP contribution in [0.5, 0.6) is 0 Å². The summed E-state index contributed by atoms with van der Waals surface area (Å²) in [6, 6.07) is 3.63. The normalized spacial score (nSPS) is 14.8. The summed E-state index contributed by atoms with van der Waals surface area (Å²) in [4.78, 5) is 152. The minimum absolute atomic E-state index is 0.0173. The third-order valence-corrected chi connectivity index (χ3v) is 13.8. The molecule has 27 nitrogen and oxygen atoms in total. The number of nitrogens with one attached hydrogen (secondary N) is 11. The van der Waals surface area contributed by atoms with E-state index < -0.39 is 145 Å². The SMILES string of the molecule is CC[C@H](C)[C@H](NC(=O)[C@H](Cc1ccccc1)NC(=O)[C@@H](N)CCC(=O)O)C(=O)N[C@@H](CCC(=O)O)C(=O)N[C@@H](Cc1c[nH]c2ccccc12)C(=O)N[C@@H](CC(C)C)C(=O)N[C@@H](CC(C)C)C(=O)N[C@@H](CCCNC(=N)N)C(=O)N[C@@H](C)C(N)=O. The number of aromatic nitrogens is 1. The molecule has 0 spiro atoms. The molecule has 84 heavy (non-hydrogen) atoms. The Morgan fingerprint density at radius 1 is 0.548 bits per heavy atom. The number of guanidine groups is 1. The van der Waals surface area contributed by atoms with Crippen molar-refractivity contribution in [1.82, 2.24) is 52.8 Å². The quantitative estimate of drug-likeness (QED) is 0.0202. The summed E-state index contributed by atoms with van der Waals surface area (Å²) in [5, 5.41) is 50.9. The van der Waals surface area contributed by atoms with E-state index in [1.807, 2.05) is 0 Å². The predicted octanol–water partition coefficient (Wildman–Crippen LogP) is -0.205. The topological polar surface area (TPSA) is 454 Å². The van der Waals surface area contributed by atoms with Gasteiger partial charge in [0.1, 0.15) is 48.3 Å². The number of benzene rings is 2. The minimum Gasteiger partial charge on any atom is -0.481 e. The molecule has 2 aromatic carbocycles. The number of carbonyl (C=O) groups excluding carboxylic acids is 9. The Morgan fingerprint density at radius 2 is 1.01 bits per heavy atom. The Hall–Kier alpha value is -8.62. The number of aliphatic carboxylic acids is 2. The van der Waals surface area contributed by atoms with Crippen LogP contribution in [0.2, 0.25) is 0 Å². The lowest BCUT2D eigenvalue weighted by molar-refractivity contribution is -0.139. The molecule has 19 N–H and O–H groups in total. The van der Waals surface area contributed by atoms with E-state index in [9.17, 15) is 57.8 Å². The number of fused-ring (bicyclic) bond motifs is 1. The van der Waals surface area contributed by atoms with Crippen molar-refractivity contribution in [3.8, 4) is 0 Å². The summed E-state index contributed by atoms with van der Waals surface area (Å²) in [6.45, 7) is 12.1. The molecule has 3 aromatic rings. The van der Waals surface area contributed by atoms with E-state index in [1.165, 1.54) is 6.92 Å². The molecule has 3 rings (SSSR count). The fraction of sp³-hybridized carbons (Fsp3) is 0.544. The van der Waals surface area contributed by atoms with Gasteiger partial charge in [0, 0.05) is 49.3 Å². The van der Waals surface area contributed by atoms with Crippen LogP contribution in [0.1, 0.15) is 117 Å². The zero-order valence-electron chi connectivity index (χ0n) is 48.8. The van der Waals surface area contributed by atoms with Gasteiger partial charge in [-0.1, -0.05) is 96.5 Å². The van der Waals surface area contributed by atoms with Crippen molar-refractivity contribution in [3.05, 3.63) is 71.9 Å². The second kappa shape index (κ2) is 34.7. The molecule has 462 valence electrons. The average Bonchev–Trinajstić information content (AvgIpc) is 3.57. The zero-order chi connectivity index (χ0) is 62.8. The first kappa shape index (κ1) is 69.6. The van der Waals surface area contributed by atoms with Crippen molar-refractivity contribution in [2.24, 2.45) is 35.0 Å². The molecule has 27 heteroatoms. The fourth-order valence-electron chi connectivity index (χ4n) is 8.91. The van der Waals surface area contributed by atoms with E-state index in [4.69, 9.17) is 27.7 Å². The number of nitrogens with two attached hydrogens (primary N) is 3. The summed E-state index contributed by atoms with van der Waals surface area (Å²) in [7, 11) is 0. The van der Waals surface area contributed by atoms with Crippen molar-refractivity contribution in [1.29, 1.82) is 5.41 Å². The van der Waals surface area contributed by atoms with Crippen molar-refractivity contribution >= 4 is 82.0 Å². The van der Waals surface area contributed by atoms with Gasteiger partial charge in [0.2, 0.25) is 53.2 Å². The number of hydrogen-bond acceptors (Lipinski definition) is 13. The zero-order valence-corrected chi connectivity index (χ0v) is 48.8. The number of carbonyl (C=O) groups is 11. The molecule has 0 aliphatic heterocycles. The Kier molecular flexibility index (Phi) is 28.8. The number of carboxylic acid groups (broad SMARTS) is 2. The largest absolute Gasteiger partial charge is 0.481 e. The van der Waals surface area contributed by atoms with E-state index in [0.717, 1.165) is 0 Å². The lowest BCUT2D eigenvalue weighted by Crippen LogP contribution is -2.61. The standard InChI is InChI=1S/C57H86N14O13/c1-8-32(6)47(71-55(83)43(27-34-15-10-9-11-16-34)67-49(77)37(58)20-22-45(72)73)56(84)66-40(21-23-46(74)75)51(79)70-44(28-35-29-63-38-18-13-12-17-36(35)38)54(82)69-42(26-31(4)5)53(81)68-41(25-30(2)3)52(80)65-39(19-14-24-62-57(60)61)50(78)64-33(7)48(59)76/h9-13,15-18,29-33,37,39-44,47,63H,8,14,19-28,58H2,1-7H3,(H2,59,76)(H,64,78)(H,65,80)(H,66,84)(H,67,77)(H,68,81)(H,69,82)(H,70,79)(H,71,83)(H,72,73)(H,74,75)(H4,60,61,62)/t32-,33-,37-,39-,40-,41-,42-,43-,44-,47-/m0/s1. The van der Waals surface area contributed by atoms with Gasteiger partial charge < -0.3 is 80.2 Å². The summed E-state index contributed by atoms with van der Waals surface area (Å²) in [5.74, 6) is -11.4. The number of H-pyrrole nitrogens is 1. The molecule has 1 heterocycles. The van der Waals surface area contributed by atoms with Crippen LogP contribution in [0.15, 0.2) is 60.8 Å². The molecular formula is C57H86N14O13. The van der Waals surface area contributed by atoms with Crippen LogP contribution in [0.4, 0.5) is 0 Å². The molecular weight excluding hydrogens is 1090 g/mol. The van der Waals surface area contributed by atoms with Crippen molar-refractivity contribution in [3.63, 3.8) is 0 Å². The summed E-state index contributed by atoms with van der Waals surface area (Å²) >= 11 is 0. The number of rotatable bonds is 37. The second-order valence-corrected chi connectivity index (χ2v) is 21.8. The average molecular weight is 1180 g/mol. The molecule has 0 fully saturated rings. The summed E-state index contributed by atoms with van der Waals surface area (Å²) < 4.78 is 0. The molecule has 0 radical (unpaired) electrons. The fourth-order valence-corrected chi connectivity index (χ4v) is 8.91. The van der Waals surface area contributed by atoms with Gasteiger partial charge in [-0.25, -0.2) is 0 Å². The second-order valence-electron chi connectivity index (χ2n) is 21.8. The lowest BCUT2D eigenvalue weighted by Gasteiger charge is -2.30. The molecule has 9 amide bonds. The Bertz CT molecular complexity index is 2760. The van der Waals surface area contributed by atoms with Crippen LogP contribution >= 0.6 is 0 Å². The predicted molar refractivity (Wildman–Crippen MR) is 312 cm³/mol. The van der Waals surface area contributed by atoms with Crippen LogP contribution in [-0.4, -0.2) is 147 Å². The smallest absolute Gasteiger partial charge is 0.303 e. The minimum atomic E-state index is -1.64. The maximum absolute atomic E-state index is 14.8. The molecule has 0 unspecified atom stereocenters. The van der Waals surface area contributed by atoms with Crippen LogP contribution in [0, 0.1) is 23.2 Å². The van der Waals surface area contributed by atoms with Crippen LogP contribution in [0.3, 0.4) is 0 Å². The number of primary amides is 1. The Balaban J connectivity index is 2.01. The highest BCUT2D eigenvalue weighted by molar-refractivity contribution is 5.99. The van der Waals surface area contributed by atoms with Crippen molar-refractivity contribution in [2.75, 3.05) is 6.54 Å². The molecule has 0 saturated carbocycles. The van der Waals surface area contributed by atoms with E-state index >= 15 is 0 Å². The summed E-state index contributed by atoms with van der Waals surface area (Å²) in [5.41, 5.74) is 18.6. The third kappa shape index (κ3) is 24.1. The molecule has 10 atom stereocenters. The number of carboxylic acids is 2. The number of para-hydroxylation sites is 1. The number of amides is 9. The van der Waals surface area contributed by atoms with Gasteiger partial charge in [-0.2, -0.15) is 0 Å².